The number of nitrogens with zero attached hydrogens (tertiary/aromatic N) is 2. The first-order valence-electron chi connectivity index (χ1n) is 6.67. The zero-order chi connectivity index (χ0) is 15.0. The van der Waals surface area contributed by atoms with Gasteiger partial charge < -0.3 is 10.6 Å². The van der Waals surface area contributed by atoms with Crippen molar-refractivity contribution < 1.29 is 4.39 Å². The van der Waals surface area contributed by atoms with Crippen LogP contribution in [0.3, 0.4) is 0 Å². The summed E-state index contributed by atoms with van der Waals surface area (Å²) in [6.07, 6.45) is 0. The van der Waals surface area contributed by atoms with Crippen molar-refractivity contribution in [3.63, 3.8) is 0 Å². The number of rotatable bonds is 2. The fraction of sp³-hybridized carbons (Fsp3) is 0.188. The first kappa shape index (κ1) is 13.9. The maximum absolute atomic E-state index is 13.6. The van der Waals surface area contributed by atoms with Gasteiger partial charge in [0.1, 0.15) is 5.82 Å². The van der Waals surface area contributed by atoms with Gasteiger partial charge in [-0.05, 0) is 48.4 Å². The summed E-state index contributed by atoms with van der Waals surface area (Å²) in [5.74, 6) is 0.165. The van der Waals surface area contributed by atoms with Gasteiger partial charge in [-0.2, -0.15) is 0 Å². The molecule has 0 radical (unpaired) electrons. The van der Waals surface area contributed by atoms with Gasteiger partial charge >= 0.3 is 0 Å². The number of nitrogens with two attached hydrogens (primary N) is 1. The van der Waals surface area contributed by atoms with Crippen LogP contribution in [0.2, 0.25) is 5.02 Å². The summed E-state index contributed by atoms with van der Waals surface area (Å²) in [4.78, 5) is 6.20. The van der Waals surface area contributed by atoms with Crippen LogP contribution in [-0.4, -0.2) is 12.5 Å². The molecular formula is C16H15ClFN3. The topological polar surface area (TPSA) is 41.6 Å². The third kappa shape index (κ3) is 2.59. The molecule has 0 aliphatic carbocycles. The molecule has 3 nitrogen and oxygen atoms in total. The van der Waals surface area contributed by atoms with Crippen LogP contribution in [0.1, 0.15) is 17.2 Å². The van der Waals surface area contributed by atoms with Crippen molar-refractivity contribution in [1.29, 1.82) is 0 Å². The van der Waals surface area contributed by atoms with Gasteiger partial charge in [-0.15, -0.1) is 0 Å². The second kappa shape index (κ2) is 5.37. The molecule has 1 unspecified atom stereocenters. The van der Waals surface area contributed by atoms with Crippen LogP contribution in [0.25, 0.3) is 0 Å². The summed E-state index contributed by atoms with van der Waals surface area (Å²) in [6, 6.07) is 12.1. The minimum atomic E-state index is -0.257. The number of guanidine groups is 1. The Kier molecular flexibility index (Phi) is 3.55. The average Bonchev–Trinajstić information content (AvgIpc) is 2.83. The highest BCUT2D eigenvalue weighted by Gasteiger charge is 2.30. The zero-order valence-electron chi connectivity index (χ0n) is 11.6. The van der Waals surface area contributed by atoms with Crippen molar-refractivity contribution in [3.05, 3.63) is 64.4 Å². The Morgan fingerprint density at radius 2 is 2.10 bits per heavy atom. The van der Waals surface area contributed by atoms with Crippen LogP contribution >= 0.6 is 11.6 Å². The fourth-order valence-electron chi connectivity index (χ4n) is 2.64. The lowest BCUT2D eigenvalue weighted by Gasteiger charge is -2.27. The number of benzene rings is 2. The molecule has 1 atom stereocenters. The highest BCUT2D eigenvalue weighted by atomic mass is 35.5. The molecule has 108 valence electrons. The van der Waals surface area contributed by atoms with Crippen molar-refractivity contribution in [1.82, 2.24) is 0 Å². The molecule has 1 aliphatic rings. The predicted molar refractivity (Wildman–Crippen MR) is 84.3 cm³/mol. The molecule has 0 fully saturated rings. The lowest BCUT2D eigenvalue weighted by Crippen LogP contribution is -2.36. The molecule has 1 heterocycles. The van der Waals surface area contributed by atoms with Gasteiger partial charge in [-0.3, -0.25) is 4.99 Å². The quantitative estimate of drug-likeness (QED) is 0.920. The Labute approximate surface area is 127 Å². The van der Waals surface area contributed by atoms with E-state index in [1.54, 1.807) is 18.2 Å². The van der Waals surface area contributed by atoms with E-state index in [2.05, 4.69) is 4.99 Å². The van der Waals surface area contributed by atoms with E-state index in [0.717, 1.165) is 16.8 Å². The summed E-state index contributed by atoms with van der Waals surface area (Å²) in [6.45, 7) is 2.46. The summed E-state index contributed by atoms with van der Waals surface area (Å²) in [5, 5.41) is 0.627. The SMILES string of the molecule is Cc1ccc(F)cc1C1CN=C(N)N1c1cccc(Cl)c1. The molecule has 0 amide bonds. The number of halogens is 2. The van der Waals surface area contributed by atoms with Crippen molar-refractivity contribution in [2.75, 3.05) is 11.4 Å². The highest BCUT2D eigenvalue weighted by molar-refractivity contribution is 6.30. The normalized spacial score (nSPS) is 18.0. The number of hydrogen-bond donors (Lipinski definition) is 1. The summed E-state index contributed by atoms with van der Waals surface area (Å²) < 4.78 is 13.6. The van der Waals surface area contributed by atoms with E-state index in [4.69, 9.17) is 17.3 Å². The average molecular weight is 304 g/mol. The molecule has 0 saturated carbocycles. The third-order valence-electron chi connectivity index (χ3n) is 3.67. The Hall–Kier alpha value is -2.07. The van der Waals surface area contributed by atoms with E-state index < -0.39 is 0 Å². The molecule has 0 saturated heterocycles. The van der Waals surface area contributed by atoms with E-state index in [0.29, 0.717) is 17.5 Å². The second-order valence-corrected chi connectivity index (χ2v) is 5.50. The van der Waals surface area contributed by atoms with Crippen molar-refractivity contribution in [2.45, 2.75) is 13.0 Å². The van der Waals surface area contributed by atoms with Crippen LogP contribution in [0.5, 0.6) is 0 Å². The molecule has 1 aliphatic heterocycles. The van der Waals surface area contributed by atoms with Gasteiger partial charge in [0.25, 0.3) is 0 Å². The third-order valence-corrected chi connectivity index (χ3v) is 3.91. The van der Waals surface area contributed by atoms with Gasteiger partial charge in [0, 0.05) is 10.7 Å². The van der Waals surface area contributed by atoms with Gasteiger partial charge in [0.05, 0.1) is 12.6 Å². The fourth-order valence-corrected chi connectivity index (χ4v) is 2.83. The first-order chi connectivity index (χ1) is 10.1. The molecule has 0 spiro atoms. The molecular weight excluding hydrogens is 289 g/mol. The maximum Gasteiger partial charge on any atom is 0.196 e. The van der Waals surface area contributed by atoms with E-state index in [9.17, 15) is 4.39 Å². The van der Waals surface area contributed by atoms with Crippen LogP contribution in [0.15, 0.2) is 47.5 Å². The molecule has 21 heavy (non-hydrogen) atoms. The maximum atomic E-state index is 13.6. The minimum absolute atomic E-state index is 0.112. The van der Waals surface area contributed by atoms with E-state index >= 15 is 0 Å². The zero-order valence-corrected chi connectivity index (χ0v) is 12.3. The Morgan fingerprint density at radius 1 is 1.29 bits per heavy atom. The van der Waals surface area contributed by atoms with Gasteiger partial charge in [-0.1, -0.05) is 23.7 Å². The van der Waals surface area contributed by atoms with E-state index in [1.807, 2.05) is 30.0 Å². The summed E-state index contributed by atoms with van der Waals surface area (Å²) in [7, 11) is 0. The molecule has 0 bridgehead atoms. The minimum Gasteiger partial charge on any atom is -0.369 e. The van der Waals surface area contributed by atoms with Crippen LogP contribution in [0, 0.1) is 12.7 Å². The smallest absolute Gasteiger partial charge is 0.196 e. The molecule has 2 aromatic carbocycles. The standard InChI is InChI=1S/C16H15ClFN3/c1-10-5-6-12(18)8-14(10)15-9-20-16(19)21(15)13-4-2-3-11(17)7-13/h2-8,15H,9H2,1H3,(H2,19,20). The number of anilines is 1. The van der Waals surface area contributed by atoms with Gasteiger partial charge in [-0.25, -0.2) is 4.39 Å². The van der Waals surface area contributed by atoms with Gasteiger partial charge in [0.2, 0.25) is 0 Å². The number of aliphatic imine (C=N–C) groups is 1. The molecule has 5 heteroatoms. The summed E-state index contributed by atoms with van der Waals surface area (Å²) in [5.41, 5.74) is 8.77. The number of aryl methyl sites for hydroxylation is 1. The van der Waals surface area contributed by atoms with Crippen molar-refractivity contribution >= 4 is 23.2 Å². The molecule has 3 rings (SSSR count). The summed E-state index contributed by atoms with van der Waals surface area (Å²) >= 11 is 6.05. The molecule has 2 aromatic rings. The van der Waals surface area contributed by atoms with Crippen molar-refractivity contribution in [3.8, 4) is 0 Å². The first-order valence-corrected chi connectivity index (χ1v) is 7.05. The van der Waals surface area contributed by atoms with Crippen LogP contribution < -0.4 is 10.6 Å². The molecule has 0 aromatic heterocycles. The monoisotopic (exact) mass is 303 g/mol. The van der Waals surface area contributed by atoms with Crippen LogP contribution in [-0.2, 0) is 0 Å². The van der Waals surface area contributed by atoms with Gasteiger partial charge in [0.15, 0.2) is 5.96 Å². The Balaban J connectivity index is 2.05. The van der Waals surface area contributed by atoms with Crippen LogP contribution in [0.4, 0.5) is 10.1 Å². The largest absolute Gasteiger partial charge is 0.369 e. The Bertz CT molecular complexity index is 714. The van der Waals surface area contributed by atoms with E-state index in [-0.39, 0.29) is 11.9 Å². The van der Waals surface area contributed by atoms with E-state index in [1.165, 1.54) is 6.07 Å². The van der Waals surface area contributed by atoms with Crippen molar-refractivity contribution in [2.24, 2.45) is 10.7 Å². The lowest BCUT2D eigenvalue weighted by molar-refractivity contribution is 0.620. The molecule has 2 N–H and O–H groups in total. The lowest BCUT2D eigenvalue weighted by atomic mass is 10.00. The second-order valence-electron chi connectivity index (χ2n) is 5.07. The predicted octanol–water partition coefficient (Wildman–Crippen LogP) is 3.66. The highest BCUT2D eigenvalue weighted by Crippen LogP contribution is 2.33. The Morgan fingerprint density at radius 3 is 2.86 bits per heavy atom. The number of hydrogen-bond acceptors (Lipinski definition) is 3.